The second-order valence-electron chi connectivity index (χ2n) is 4.20. The van der Waals surface area contributed by atoms with Crippen LogP contribution in [0, 0.1) is 0 Å². The van der Waals surface area contributed by atoms with Gasteiger partial charge in [-0.05, 0) is 13.8 Å². The lowest BCUT2D eigenvalue weighted by molar-refractivity contribution is 0.319. The smallest absolute Gasteiger partial charge is 0.0303 e. The Kier molecular flexibility index (Phi) is 5.96. The number of hydrazine groups is 2. The number of hydrogen-bond acceptors (Lipinski definition) is 4. The SMILES string of the molecule is C=C(CC(=C)NN(C)C(=C)C)NN(C)C(=C)C. The maximum atomic E-state index is 3.93. The highest BCUT2D eigenvalue weighted by Gasteiger charge is 2.03. The first-order valence-electron chi connectivity index (χ1n) is 5.41. The van der Waals surface area contributed by atoms with Crippen molar-refractivity contribution in [1.82, 2.24) is 20.9 Å². The van der Waals surface area contributed by atoms with Gasteiger partial charge in [-0.1, -0.05) is 26.3 Å². The molecule has 0 aromatic heterocycles. The molecule has 0 radical (unpaired) electrons. The van der Waals surface area contributed by atoms with Gasteiger partial charge in [0.25, 0.3) is 0 Å². The van der Waals surface area contributed by atoms with E-state index in [1.807, 2.05) is 38.0 Å². The fourth-order valence-electron chi connectivity index (χ4n) is 1.00. The molecule has 2 N–H and O–H groups in total. The van der Waals surface area contributed by atoms with Gasteiger partial charge in [0.1, 0.15) is 0 Å². The first kappa shape index (κ1) is 15.2. The second kappa shape index (κ2) is 6.68. The predicted molar refractivity (Wildman–Crippen MR) is 74.3 cm³/mol. The van der Waals surface area contributed by atoms with E-state index in [1.54, 1.807) is 0 Å². The van der Waals surface area contributed by atoms with Crippen molar-refractivity contribution in [3.05, 3.63) is 49.1 Å². The fraction of sp³-hybridized carbons (Fsp3) is 0.385. The molecular weight excluding hydrogens is 212 g/mol. The summed E-state index contributed by atoms with van der Waals surface area (Å²) < 4.78 is 0. The maximum Gasteiger partial charge on any atom is 0.0303 e. The highest BCUT2D eigenvalue weighted by Crippen LogP contribution is 2.05. The molecule has 4 nitrogen and oxygen atoms in total. The van der Waals surface area contributed by atoms with Gasteiger partial charge in [0.05, 0.1) is 0 Å². The van der Waals surface area contributed by atoms with E-state index in [-0.39, 0.29) is 0 Å². The zero-order valence-corrected chi connectivity index (χ0v) is 11.4. The Morgan fingerprint density at radius 3 is 1.35 bits per heavy atom. The lowest BCUT2D eigenvalue weighted by atomic mass is 10.3. The predicted octanol–water partition coefficient (Wildman–Crippen LogP) is 2.34. The van der Waals surface area contributed by atoms with Gasteiger partial charge in [-0.3, -0.25) is 10.0 Å². The van der Waals surface area contributed by atoms with Crippen LogP contribution in [-0.4, -0.2) is 24.1 Å². The number of rotatable bonds is 8. The first-order valence-corrected chi connectivity index (χ1v) is 5.41. The lowest BCUT2D eigenvalue weighted by Gasteiger charge is -2.26. The fourth-order valence-corrected chi connectivity index (χ4v) is 1.00. The summed E-state index contributed by atoms with van der Waals surface area (Å²) in [6, 6.07) is 0. The Balaban J connectivity index is 4.09. The Labute approximate surface area is 105 Å². The molecule has 0 atom stereocenters. The van der Waals surface area contributed by atoms with E-state index in [4.69, 9.17) is 0 Å². The summed E-state index contributed by atoms with van der Waals surface area (Å²) in [5, 5.41) is 3.64. The summed E-state index contributed by atoms with van der Waals surface area (Å²) in [5.74, 6) is 0. The van der Waals surface area contributed by atoms with Crippen LogP contribution in [0.15, 0.2) is 49.1 Å². The third-order valence-electron chi connectivity index (χ3n) is 2.22. The van der Waals surface area contributed by atoms with Crippen molar-refractivity contribution in [3.8, 4) is 0 Å². The second-order valence-corrected chi connectivity index (χ2v) is 4.20. The van der Waals surface area contributed by atoms with Gasteiger partial charge in [0.15, 0.2) is 0 Å². The van der Waals surface area contributed by atoms with Crippen LogP contribution in [0.4, 0.5) is 0 Å². The number of nitrogens with zero attached hydrogens (tertiary/aromatic N) is 2. The van der Waals surface area contributed by atoms with Crippen LogP contribution in [0.3, 0.4) is 0 Å². The molecule has 4 heteroatoms. The van der Waals surface area contributed by atoms with Crippen molar-refractivity contribution in [3.63, 3.8) is 0 Å². The van der Waals surface area contributed by atoms with Crippen LogP contribution >= 0.6 is 0 Å². The van der Waals surface area contributed by atoms with Crippen molar-refractivity contribution < 1.29 is 0 Å². The molecule has 17 heavy (non-hydrogen) atoms. The third-order valence-corrected chi connectivity index (χ3v) is 2.22. The van der Waals surface area contributed by atoms with E-state index in [9.17, 15) is 0 Å². The van der Waals surface area contributed by atoms with Crippen LogP contribution < -0.4 is 10.9 Å². The van der Waals surface area contributed by atoms with E-state index in [0.29, 0.717) is 6.42 Å². The first-order chi connectivity index (χ1) is 7.73. The molecule has 0 aliphatic carbocycles. The van der Waals surface area contributed by atoms with Crippen molar-refractivity contribution in [2.45, 2.75) is 20.3 Å². The van der Waals surface area contributed by atoms with Crippen LogP contribution in [0.25, 0.3) is 0 Å². The topological polar surface area (TPSA) is 30.5 Å². The molecule has 0 rings (SSSR count). The van der Waals surface area contributed by atoms with Crippen molar-refractivity contribution >= 4 is 0 Å². The van der Waals surface area contributed by atoms with Crippen LogP contribution in [0.2, 0.25) is 0 Å². The van der Waals surface area contributed by atoms with Crippen LogP contribution in [-0.2, 0) is 0 Å². The summed E-state index contributed by atoms with van der Waals surface area (Å²) in [6.45, 7) is 19.4. The summed E-state index contributed by atoms with van der Waals surface area (Å²) in [4.78, 5) is 0. The standard InChI is InChI=1S/C13H24N4/c1-10(2)16(7)14-12(5)9-13(6)15-17(8)11(3)4/h14-15H,1,3,5-6,9H2,2,4,7-8H3. The van der Waals surface area contributed by atoms with E-state index in [1.165, 1.54) is 0 Å². The molecule has 0 fully saturated rings. The molecule has 0 aromatic rings. The van der Waals surface area contributed by atoms with Crippen molar-refractivity contribution in [1.29, 1.82) is 0 Å². The minimum absolute atomic E-state index is 0.634. The molecule has 0 unspecified atom stereocenters. The molecule has 0 saturated carbocycles. The number of hydrogen-bond donors (Lipinski definition) is 2. The monoisotopic (exact) mass is 236 g/mol. The molecule has 96 valence electrons. The van der Waals surface area contributed by atoms with Gasteiger partial charge in [0, 0.05) is 43.3 Å². The molecule has 0 aliphatic rings. The molecular formula is C13H24N4. The van der Waals surface area contributed by atoms with Crippen LogP contribution in [0.1, 0.15) is 20.3 Å². The zero-order chi connectivity index (χ0) is 13.6. The average molecular weight is 236 g/mol. The Morgan fingerprint density at radius 2 is 1.12 bits per heavy atom. The minimum Gasteiger partial charge on any atom is -0.303 e. The summed E-state index contributed by atoms with van der Waals surface area (Å²) in [5.41, 5.74) is 9.76. The van der Waals surface area contributed by atoms with Gasteiger partial charge in [0.2, 0.25) is 0 Å². The Morgan fingerprint density at radius 1 is 0.824 bits per heavy atom. The molecule has 0 saturated heterocycles. The summed E-state index contributed by atoms with van der Waals surface area (Å²) in [7, 11) is 3.79. The van der Waals surface area contributed by atoms with E-state index in [0.717, 1.165) is 22.8 Å². The molecule has 0 amide bonds. The quantitative estimate of drug-likeness (QED) is 0.633. The van der Waals surface area contributed by atoms with Gasteiger partial charge in [-0.15, -0.1) is 0 Å². The number of nitrogens with one attached hydrogen (secondary N) is 2. The molecule has 0 heterocycles. The molecule has 0 aromatic carbocycles. The Hall–Kier alpha value is -1.84. The molecule has 0 bridgehead atoms. The largest absolute Gasteiger partial charge is 0.303 e. The van der Waals surface area contributed by atoms with Crippen molar-refractivity contribution in [2.24, 2.45) is 0 Å². The molecule has 0 aliphatic heterocycles. The highest BCUT2D eigenvalue weighted by molar-refractivity contribution is 5.07. The van der Waals surface area contributed by atoms with Crippen molar-refractivity contribution in [2.75, 3.05) is 14.1 Å². The minimum atomic E-state index is 0.634. The van der Waals surface area contributed by atoms with Gasteiger partial charge in [-0.2, -0.15) is 0 Å². The summed E-state index contributed by atoms with van der Waals surface area (Å²) in [6.07, 6.45) is 0.634. The lowest BCUT2D eigenvalue weighted by Crippen LogP contribution is -2.34. The van der Waals surface area contributed by atoms with Crippen LogP contribution in [0.5, 0.6) is 0 Å². The highest BCUT2D eigenvalue weighted by atomic mass is 15.5. The third kappa shape index (κ3) is 6.35. The van der Waals surface area contributed by atoms with Gasteiger partial charge >= 0.3 is 0 Å². The average Bonchev–Trinajstić information content (AvgIpc) is 2.16. The van der Waals surface area contributed by atoms with Gasteiger partial charge < -0.3 is 10.9 Å². The van der Waals surface area contributed by atoms with Gasteiger partial charge in [-0.25, -0.2) is 0 Å². The zero-order valence-electron chi connectivity index (χ0n) is 11.4. The van der Waals surface area contributed by atoms with E-state index in [2.05, 4.69) is 37.2 Å². The summed E-state index contributed by atoms with van der Waals surface area (Å²) >= 11 is 0. The van der Waals surface area contributed by atoms with E-state index < -0.39 is 0 Å². The normalized spacial score (nSPS) is 9.18. The molecule has 0 spiro atoms. The maximum absolute atomic E-state index is 3.93. The Bertz CT molecular complexity index is 298. The van der Waals surface area contributed by atoms with E-state index >= 15 is 0 Å². The number of allylic oxidation sites excluding steroid dienone is 2.